The van der Waals surface area contributed by atoms with Gasteiger partial charge in [0.05, 0.1) is 5.41 Å². The first kappa shape index (κ1) is 13.6. The first-order valence-electron chi connectivity index (χ1n) is 5.51. The van der Waals surface area contributed by atoms with Crippen LogP contribution in [0.25, 0.3) is 0 Å². The average molecular weight is 299 g/mol. The topological polar surface area (TPSA) is 17.1 Å². The molecule has 0 bridgehead atoms. The van der Waals surface area contributed by atoms with Gasteiger partial charge in [0.15, 0.2) is 0 Å². The molecule has 0 N–H and O–H groups in total. The van der Waals surface area contributed by atoms with E-state index in [9.17, 15) is 4.79 Å². The normalized spacial score (nSPS) is 14.2. The average Bonchev–Trinajstić information content (AvgIpc) is 2.81. The maximum Gasteiger partial charge on any atom is 0.232 e. The van der Waals surface area contributed by atoms with Crippen LogP contribution in [0.2, 0.25) is 5.02 Å². The highest BCUT2D eigenvalue weighted by Gasteiger charge is 2.34. The molecule has 4 heteroatoms. The van der Waals surface area contributed by atoms with E-state index < -0.39 is 5.41 Å². The van der Waals surface area contributed by atoms with Gasteiger partial charge in [-0.1, -0.05) is 29.8 Å². The zero-order chi connectivity index (χ0) is 13.2. The molecule has 0 spiro atoms. The fourth-order valence-corrected chi connectivity index (χ4v) is 3.11. The molecule has 1 unspecified atom stereocenters. The number of thiophene rings is 1. The molecule has 1 atom stereocenters. The van der Waals surface area contributed by atoms with Crippen molar-refractivity contribution in [2.24, 2.45) is 0 Å². The van der Waals surface area contributed by atoms with Crippen molar-refractivity contribution in [1.29, 1.82) is 0 Å². The number of benzene rings is 1. The molecule has 0 amide bonds. The van der Waals surface area contributed by atoms with Gasteiger partial charge in [0.1, 0.15) is 0 Å². The number of carbonyl (C=O) groups is 1. The maximum atomic E-state index is 11.8. The van der Waals surface area contributed by atoms with Crippen molar-refractivity contribution in [3.05, 3.63) is 57.2 Å². The Hall–Kier alpha value is -0.830. The Morgan fingerprint density at radius 2 is 2.11 bits per heavy atom. The van der Waals surface area contributed by atoms with Crippen LogP contribution in [0, 0.1) is 0 Å². The van der Waals surface area contributed by atoms with Crippen LogP contribution >= 0.6 is 34.5 Å². The summed E-state index contributed by atoms with van der Waals surface area (Å²) in [5, 5.41) is 2.24. The Balaban J connectivity index is 2.41. The monoisotopic (exact) mass is 298 g/mol. The lowest BCUT2D eigenvalue weighted by Gasteiger charge is -2.25. The van der Waals surface area contributed by atoms with Gasteiger partial charge in [-0.15, -0.1) is 11.3 Å². The number of halogens is 2. The van der Waals surface area contributed by atoms with E-state index >= 15 is 0 Å². The predicted molar refractivity (Wildman–Crippen MR) is 77.7 cm³/mol. The van der Waals surface area contributed by atoms with Gasteiger partial charge in [0, 0.05) is 9.90 Å². The molecule has 94 valence electrons. The smallest absolute Gasteiger partial charge is 0.232 e. The molecule has 0 saturated heterocycles. The zero-order valence-corrected chi connectivity index (χ0v) is 12.1. The van der Waals surface area contributed by atoms with Crippen LogP contribution < -0.4 is 0 Å². The summed E-state index contributed by atoms with van der Waals surface area (Å²) in [4.78, 5) is 13.0. The number of hydrogen-bond acceptors (Lipinski definition) is 2. The molecule has 1 aromatic heterocycles. The molecule has 2 rings (SSSR count). The lowest BCUT2D eigenvalue weighted by molar-refractivity contribution is -0.116. The number of hydrogen-bond donors (Lipinski definition) is 0. The van der Waals surface area contributed by atoms with Gasteiger partial charge in [0.25, 0.3) is 0 Å². The highest BCUT2D eigenvalue weighted by molar-refractivity contribution is 7.09. The second-order valence-electron chi connectivity index (χ2n) is 4.37. The van der Waals surface area contributed by atoms with Crippen LogP contribution in [0.1, 0.15) is 17.4 Å². The van der Waals surface area contributed by atoms with E-state index in [1.165, 1.54) is 0 Å². The summed E-state index contributed by atoms with van der Waals surface area (Å²) in [6.07, 6.45) is 0.591. The summed E-state index contributed by atoms with van der Waals surface area (Å²) >= 11 is 13.4. The molecule has 0 fully saturated rings. The van der Waals surface area contributed by atoms with Gasteiger partial charge < -0.3 is 0 Å². The second-order valence-corrected chi connectivity index (χ2v) is 6.18. The molecule has 0 aliphatic carbocycles. The highest BCUT2D eigenvalue weighted by atomic mass is 35.5. The second kappa shape index (κ2) is 5.43. The summed E-state index contributed by atoms with van der Waals surface area (Å²) < 4.78 is 0. The van der Waals surface area contributed by atoms with Gasteiger partial charge in [0.2, 0.25) is 5.24 Å². The van der Waals surface area contributed by atoms with E-state index in [0.717, 1.165) is 10.4 Å². The van der Waals surface area contributed by atoms with Crippen LogP contribution in [-0.2, 0) is 16.6 Å². The largest absolute Gasteiger partial charge is 0.280 e. The Bertz CT molecular complexity index is 551. The summed E-state index contributed by atoms with van der Waals surface area (Å²) in [5.41, 5.74) is 0.112. The summed E-state index contributed by atoms with van der Waals surface area (Å²) in [6.45, 7) is 1.85. The van der Waals surface area contributed by atoms with Gasteiger partial charge in [-0.2, -0.15) is 0 Å². The quantitative estimate of drug-likeness (QED) is 0.750. The maximum absolute atomic E-state index is 11.8. The Morgan fingerprint density at radius 3 is 2.67 bits per heavy atom. The summed E-state index contributed by atoms with van der Waals surface area (Å²) in [7, 11) is 0. The third-order valence-corrected chi connectivity index (χ3v) is 4.53. The minimum atomic E-state index is -0.739. The van der Waals surface area contributed by atoms with Gasteiger partial charge in [-0.25, -0.2) is 0 Å². The van der Waals surface area contributed by atoms with E-state index in [-0.39, 0.29) is 5.24 Å². The van der Waals surface area contributed by atoms with Gasteiger partial charge in [-0.05, 0) is 54.1 Å². The standard InChI is InChI=1S/C14H12Cl2OS/c1-14(13(16)17,9-12-6-3-7-18-12)10-4-2-5-11(15)8-10/h2-8H,9H2,1H3. The van der Waals surface area contributed by atoms with Crippen molar-refractivity contribution in [3.8, 4) is 0 Å². The molecular formula is C14H12Cl2OS. The molecule has 0 radical (unpaired) electrons. The molecular weight excluding hydrogens is 287 g/mol. The third kappa shape index (κ3) is 2.77. The molecule has 0 aliphatic heterocycles. The van der Waals surface area contributed by atoms with Crippen LogP contribution in [0.15, 0.2) is 41.8 Å². The van der Waals surface area contributed by atoms with Crippen molar-refractivity contribution in [2.75, 3.05) is 0 Å². The molecule has 1 heterocycles. The fraction of sp³-hybridized carbons (Fsp3) is 0.214. The first-order chi connectivity index (χ1) is 8.52. The van der Waals surface area contributed by atoms with Crippen molar-refractivity contribution < 1.29 is 4.79 Å². The van der Waals surface area contributed by atoms with Crippen molar-refractivity contribution >= 4 is 39.8 Å². The fourth-order valence-electron chi connectivity index (χ4n) is 1.88. The van der Waals surface area contributed by atoms with Crippen molar-refractivity contribution in [3.63, 3.8) is 0 Å². The minimum absolute atomic E-state index is 0.363. The molecule has 1 nitrogen and oxygen atoms in total. The van der Waals surface area contributed by atoms with E-state index in [1.54, 1.807) is 23.5 Å². The third-order valence-electron chi connectivity index (χ3n) is 3.00. The van der Waals surface area contributed by atoms with Gasteiger partial charge in [-0.3, -0.25) is 4.79 Å². The number of rotatable bonds is 4. The van der Waals surface area contributed by atoms with Crippen LogP contribution in [0.5, 0.6) is 0 Å². The van der Waals surface area contributed by atoms with E-state index in [4.69, 9.17) is 23.2 Å². The Labute approximate surface area is 120 Å². The molecule has 1 aromatic carbocycles. The SMILES string of the molecule is CC(Cc1cccs1)(C(=O)Cl)c1cccc(Cl)c1. The Morgan fingerprint density at radius 1 is 1.33 bits per heavy atom. The van der Waals surface area contributed by atoms with Crippen LogP contribution in [0.3, 0.4) is 0 Å². The molecule has 0 saturated carbocycles. The minimum Gasteiger partial charge on any atom is -0.280 e. The lowest BCUT2D eigenvalue weighted by atomic mass is 9.80. The van der Waals surface area contributed by atoms with Crippen molar-refractivity contribution in [2.45, 2.75) is 18.8 Å². The van der Waals surface area contributed by atoms with Crippen molar-refractivity contribution in [1.82, 2.24) is 0 Å². The molecule has 2 aromatic rings. The van der Waals surface area contributed by atoms with E-state index in [2.05, 4.69) is 0 Å². The first-order valence-corrected chi connectivity index (χ1v) is 7.14. The molecule has 18 heavy (non-hydrogen) atoms. The predicted octanol–water partition coefficient (Wildman–Crippen LogP) is 4.67. The summed E-state index contributed by atoms with van der Waals surface area (Å²) in [6, 6.07) is 11.3. The van der Waals surface area contributed by atoms with Crippen LogP contribution in [-0.4, -0.2) is 5.24 Å². The lowest BCUT2D eigenvalue weighted by Crippen LogP contribution is -2.31. The highest BCUT2D eigenvalue weighted by Crippen LogP contribution is 2.33. The number of carbonyl (C=O) groups excluding carboxylic acids is 1. The van der Waals surface area contributed by atoms with E-state index in [0.29, 0.717) is 11.4 Å². The summed E-state index contributed by atoms with van der Waals surface area (Å²) in [5.74, 6) is 0. The van der Waals surface area contributed by atoms with Crippen LogP contribution in [0.4, 0.5) is 0 Å². The zero-order valence-electron chi connectivity index (χ0n) is 9.82. The van der Waals surface area contributed by atoms with E-state index in [1.807, 2.05) is 36.6 Å². The molecule has 0 aliphatic rings. The van der Waals surface area contributed by atoms with Gasteiger partial charge >= 0.3 is 0 Å². The Kier molecular flexibility index (Phi) is 4.10.